The second kappa shape index (κ2) is 5.87. The van der Waals surface area contributed by atoms with E-state index < -0.39 is 18.3 Å². The van der Waals surface area contributed by atoms with Gasteiger partial charge < -0.3 is 24.6 Å². The van der Waals surface area contributed by atoms with E-state index in [2.05, 4.69) is 0 Å². The standard InChI is InChI=1S/C16H21NO5/c1-9-4-5-14(22-9)11-3-2-6-17(11)16(21)10-7-12(18)15(20)13(19)8-10/h4-5,7,11-13,15,18-20H,2-3,6,8H2,1H3/t11?,12-,13-,15-/m1/s1. The second-order valence-electron chi connectivity index (χ2n) is 6.05. The molecule has 4 atom stereocenters. The minimum absolute atomic E-state index is 0.0530. The molecule has 2 aliphatic rings. The first kappa shape index (κ1) is 15.3. The summed E-state index contributed by atoms with van der Waals surface area (Å²) >= 11 is 0. The van der Waals surface area contributed by atoms with E-state index in [-0.39, 0.29) is 18.4 Å². The van der Waals surface area contributed by atoms with Crippen molar-refractivity contribution in [3.63, 3.8) is 0 Å². The summed E-state index contributed by atoms with van der Waals surface area (Å²) in [5.74, 6) is 1.36. The van der Waals surface area contributed by atoms with Gasteiger partial charge in [-0.25, -0.2) is 0 Å². The molecule has 1 aliphatic heterocycles. The van der Waals surface area contributed by atoms with Crippen molar-refractivity contribution in [2.24, 2.45) is 0 Å². The van der Waals surface area contributed by atoms with Gasteiger partial charge in [-0.05, 0) is 38.0 Å². The van der Waals surface area contributed by atoms with Gasteiger partial charge in [0.25, 0.3) is 0 Å². The summed E-state index contributed by atoms with van der Waals surface area (Å²) in [4.78, 5) is 14.4. The summed E-state index contributed by atoms with van der Waals surface area (Å²) in [6, 6.07) is 3.65. The molecule has 1 aliphatic carbocycles. The number of hydrogen-bond donors (Lipinski definition) is 3. The lowest BCUT2D eigenvalue weighted by atomic mass is 9.91. The van der Waals surface area contributed by atoms with Gasteiger partial charge in [0.2, 0.25) is 5.91 Å². The van der Waals surface area contributed by atoms with Crippen LogP contribution in [0.25, 0.3) is 0 Å². The Hall–Kier alpha value is -1.63. The van der Waals surface area contributed by atoms with Gasteiger partial charge in [-0.2, -0.15) is 0 Å². The molecule has 3 rings (SSSR count). The first-order valence-corrected chi connectivity index (χ1v) is 7.59. The quantitative estimate of drug-likeness (QED) is 0.746. The maximum atomic E-state index is 12.7. The Morgan fingerprint density at radius 1 is 1.32 bits per heavy atom. The lowest BCUT2D eigenvalue weighted by molar-refractivity contribution is -0.130. The number of carbonyl (C=O) groups is 1. The smallest absolute Gasteiger partial charge is 0.250 e. The van der Waals surface area contributed by atoms with Crippen molar-refractivity contribution in [3.8, 4) is 0 Å². The van der Waals surface area contributed by atoms with E-state index in [1.807, 2.05) is 19.1 Å². The number of aryl methyl sites for hydroxylation is 1. The van der Waals surface area contributed by atoms with Crippen LogP contribution in [0, 0.1) is 6.92 Å². The minimum Gasteiger partial charge on any atom is -0.464 e. The van der Waals surface area contributed by atoms with Crippen LogP contribution in [0.3, 0.4) is 0 Å². The molecule has 0 spiro atoms. The van der Waals surface area contributed by atoms with Crippen molar-refractivity contribution < 1.29 is 24.5 Å². The van der Waals surface area contributed by atoms with Crippen molar-refractivity contribution in [1.29, 1.82) is 0 Å². The fraction of sp³-hybridized carbons (Fsp3) is 0.562. The number of hydrogen-bond acceptors (Lipinski definition) is 5. The molecule has 0 aromatic carbocycles. The van der Waals surface area contributed by atoms with Crippen LogP contribution in [-0.4, -0.2) is 51.0 Å². The fourth-order valence-electron chi connectivity index (χ4n) is 3.23. The molecule has 1 aromatic rings. The number of nitrogens with zero attached hydrogens (tertiary/aromatic N) is 1. The van der Waals surface area contributed by atoms with Crippen LogP contribution in [0.15, 0.2) is 28.2 Å². The zero-order chi connectivity index (χ0) is 15.9. The largest absolute Gasteiger partial charge is 0.464 e. The molecular weight excluding hydrogens is 286 g/mol. The Morgan fingerprint density at radius 2 is 2.09 bits per heavy atom. The van der Waals surface area contributed by atoms with Gasteiger partial charge in [-0.15, -0.1) is 0 Å². The summed E-state index contributed by atoms with van der Waals surface area (Å²) in [5, 5.41) is 29.0. The number of carbonyl (C=O) groups excluding carboxylic acids is 1. The highest BCUT2D eigenvalue weighted by Gasteiger charge is 2.37. The topological polar surface area (TPSA) is 94.1 Å². The second-order valence-corrected chi connectivity index (χ2v) is 6.05. The number of furan rings is 1. The van der Waals surface area contributed by atoms with Gasteiger partial charge in [0.05, 0.1) is 12.1 Å². The Balaban J connectivity index is 1.81. The molecule has 2 heterocycles. The van der Waals surface area contributed by atoms with Gasteiger partial charge >= 0.3 is 0 Å². The number of aliphatic hydroxyl groups is 3. The van der Waals surface area contributed by atoms with Crippen molar-refractivity contribution in [1.82, 2.24) is 4.90 Å². The van der Waals surface area contributed by atoms with E-state index in [1.165, 1.54) is 6.08 Å². The van der Waals surface area contributed by atoms with Crippen LogP contribution in [0.5, 0.6) is 0 Å². The SMILES string of the molecule is Cc1ccc(C2CCCN2C(=O)C2=C[C@@H](O)[C@@H](O)[C@H](O)C2)o1. The summed E-state index contributed by atoms with van der Waals surface area (Å²) in [6.45, 7) is 2.48. The molecule has 120 valence electrons. The first-order chi connectivity index (χ1) is 10.5. The molecule has 1 amide bonds. The third kappa shape index (κ3) is 2.69. The molecule has 6 heteroatoms. The molecule has 6 nitrogen and oxygen atoms in total. The van der Waals surface area contributed by atoms with Crippen LogP contribution in [0.4, 0.5) is 0 Å². The van der Waals surface area contributed by atoms with E-state index >= 15 is 0 Å². The third-order valence-electron chi connectivity index (χ3n) is 4.42. The highest BCUT2D eigenvalue weighted by Crippen LogP contribution is 2.35. The van der Waals surface area contributed by atoms with Crippen molar-refractivity contribution >= 4 is 5.91 Å². The molecule has 1 saturated heterocycles. The Bertz CT molecular complexity index is 593. The Kier molecular flexibility index (Phi) is 4.08. The van der Waals surface area contributed by atoms with E-state index in [9.17, 15) is 20.1 Å². The normalized spacial score (nSPS) is 32.2. The van der Waals surface area contributed by atoms with E-state index in [0.717, 1.165) is 24.4 Å². The molecule has 0 saturated carbocycles. The minimum atomic E-state index is -1.24. The molecule has 0 bridgehead atoms. The fourth-order valence-corrected chi connectivity index (χ4v) is 3.23. The monoisotopic (exact) mass is 307 g/mol. The van der Waals surface area contributed by atoms with Crippen molar-refractivity contribution in [2.45, 2.75) is 50.5 Å². The summed E-state index contributed by atoms with van der Waals surface area (Å²) in [7, 11) is 0. The maximum absolute atomic E-state index is 12.7. The zero-order valence-electron chi connectivity index (χ0n) is 12.5. The van der Waals surface area contributed by atoms with E-state index in [0.29, 0.717) is 12.1 Å². The van der Waals surface area contributed by atoms with Crippen molar-refractivity contribution in [2.75, 3.05) is 6.54 Å². The highest BCUT2D eigenvalue weighted by atomic mass is 16.4. The van der Waals surface area contributed by atoms with Gasteiger partial charge in [-0.3, -0.25) is 4.79 Å². The summed E-state index contributed by atoms with van der Waals surface area (Å²) < 4.78 is 5.64. The first-order valence-electron chi connectivity index (χ1n) is 7.59. The van der Waals surface area contributed by atoms with E-state index in [4.69, 9.17) is 4.42 Å². The number of aliphatic hydroxyl groups excluding tert-OH is 3. The number of amides is 1. The predicted molar refractivity (Wildman–Crippen MR) is 77.9 cm³/mol. The van der Waals surface area contributed by atoms with E-state index in [1.54, 1.807) is 4.90 Å². The Labute approximate surface area is 128 Å². The lowest BCUT2D eigenvalue weighted by Crippen LogP contribution is -2.43. The van der Waals surface area contributed by atoms with Crippen LogP contribution < -0.4 is 0 Å². The van der Waals surface area contributed by atoms with Gasteiger partial charge in [0.15, 0.2) is 0 Å². The predicted octanol–water partition coefficient (Wildman–Crippen LogP) is 0.664. The Morgan fingerprint density at radius 3 is 2.73 bits per heavy atom. The van der Waals surface area contributed by atoms with Gasteiger partial charge in [-0.1, -0.05) is 0 Å². The van der Waals surface area contributed by atoms with Gasteiger partial charge in [0.1, 0.15) is 23.7 Å². The van der Waals surface area contributed by atoms with Crippen LogP contribution in [-0.2, 0) is 4.79 Å². The molecule has 1 unspecified atom stereocenters. The average Bonchev–Trinajstić information content (AvgIpc) is 3.11. The van der Waals surface area contributed by atoms with Crippen LogP contribution >= 0.6 is 0 Å². The maximum Gasteiger partial charge on any atom is 0.250 e. The molecule has 0 radical (unpaired) electrons. The third-order valence-corrected chi connectivity index (χ3v) is 4.42. The zero-order valence-corrected chi connectivity index (χ0v) is 12.5. The molecule has 22 heavy (non-hydrogen) atoms. The summed E-state index contributed by atoms with van der Waals surface area (Å²) in [6.07, 6.45) is -0.448. The molecule has 1 fully saturated rings. The molecule has 1 aromatic heterocycles. The molecule has 3 N–H and O–H groups in total. The van der Waals surface area contributed by atoms with Gasteiger partial charge in [0, 0.05) is 18.5 Å². The van der Waals surface area contributed by atoms with Crippen LogP contribution in [0.2, 0.25) is 0 Å². The number of rotatable bonds is 2. The highest BCUT2D eigenvalue weighted by molar-refractivity contribution is 5.94. The average molecular weight is 307 g/mol. The summed E-state index contributed by atoms with van der Waals surface area (Å²) in [5.41, 5.74) is 0.348. The van der Waals surface area contributed by atoms with Crippen LogP contribution in [0.1, 0.15) is 36.8 Å². The molecular formula is C16H21NO5. The number of likely N-dealkylation sites (tertiary alicyclic amines) is 1. The van der Waals surface area contributed by atoms with Crippen molar-refractivity contribution in [3.05, 3.63) is 35.3 Å². The lowest BCUT2D eigenvalue weighted by Gasteiger charge is -2.30.